The molecule has 50 valence electrons. The highest BCUT2D eigenvalue weighted by atomic mass is 16.1. The summed E-state index contributed by atoms with van der Waals surface area (Å²) in [5.74, 6) is 0.225. The van der Waals surface area contributed by atoms with Gasteiger partial charge in [0.1, 0.15) is 5.82 Å². The molecule has 0 saturated carbocycles. The van der Waals surface area contributed by atoms with Gasteiger partial charge < -0.3 is 4.98 Å². The number of aliphatic imine (C=N–C) groups is 1. The number of H-pyrrole nitrogens is 1. The number of hydrogen-bond acceptors (Lipinski definition) is 3. The predicted octanol–water partition coefficient (Wildman–Crippen LogP) is 0.342. The summed E-state index contributed by atoms with van der Waals surface area (Å²) in [7, 11) is 0. The van der Waals surface area contributed by atoms with Crippen LogP contribution in [0, 0.1) is 0 Å². The first-order valence-electron chi connectivity index (χ1n) is 2.60. The minimum atomic E-state index is -0.281. The van der Waals surface area contributed by atoms with Crippen molar-refractivity contribution >= 4 is 11.9 Å². The lowest BCUT2D eigenvalue weighted by Crippen LogP contribution is -2.00. The van der Waals surface area contributed by atoms with Crippen molar-refractivity contribution in [3.8, 4) is 0 Å². The maximum Gasteiger partial charge on any atom is 0.249 e. The Morgan fingerprint density at radius 2 is 2.30 bits per heavy atom. The molecule has 0 spiro atoms. The Hall–Kier alpha value is -1.67. The SMILES string of the molecule is O=C=Nc1cccc(=O)[nH]1. The van der Waals surface area contributed by atoms with Crippen molar-refractivity contribution in [3.63, 3.8) is 0 Å². The van der Waals surface area contributed by atoms with Crippen molar-refractivity contribution < 1.29 is 4.79 Å². The number of nitrogens with one attached hydrogen (secondary N) is 1. The van der Waals surface area contributed by atoms with Gasteiger partial charge in [0.25, 0.3) is 0 Å². The van der Waals surface area contributed by atoms with Gasteiger partial charge in [-0.3, -0.25) is 4.79 Å². The molecule has 0 aromatic carbocycles. The minimum absolute atomic E-state index is 0.225. The van der Waals surface area contributed by atoms with Crippen LogP contribution in [0.1, 0.15) is 0 Å². The van der Waals surface area contributed by atoms with Crippen LogP contribution in [0.5, 0.6) is 0 Å². The largest absolute Gasteiger partial charge is 0.306 e. The molecule has 0 atom stereocenters. The van der Waals surface area contributed by atoms with Gasteiger partial charge in [-0.1, -0.05) is 6.07 Å². The van der Waals surface area contributed by atoms with Gasteiger partial charge in [-0.25, -0.2) is 4.79 Å². The molecule has 0 aliphatic carbocycles. The highest BCUT2D eigenvalue weighted by Crippen LogP contribution is 1.99. The van der Waals surface area contributed by atoms with Crippen molar-refractivity contribution in [3.05, 3.63) is 28.6 Å². The third-order valence-corrected chi connectivity index (χ3v) is 0.919. The fourth-order valence-corrected chi connectivity index (χ4v) is 0.551. The van der Waals surface area contributed by atoms with Crippen LogP contribution in [0.25, 0.3) is 0 Å². The molecule has 1 aromatic rings. The predicted molar refractivity (Wildman–Crippen MR) is 34.8 cm³/mol. The molecule has 0 saturated heterocycles. The molecule has 1 heterocycles. The van der Waals surface area contributed by atoms with E-state index in [0.717, 1.165) is 0 Å². The van der Waals surface area contributed by atoms with Crippen molar-refractivity contribution in [2.45, 2.75) is 0 Å². The molecule has 4 heteroatoms. The third-order valence-electron chi connectivity index (χ3n) is 0.919. The van der Waals surface area contributed by atoms with E-state index in [1.807, 2.05) is 0 Å². The smallest absolute Gasteiger partial charge is 0.249 e. The molecular weight excluding hydrogens is 132 g/mol. The Labute approximate surface area is 56.2 Å². The number of hydrogen-bond donors (Lipinski definition) is 1. The Bertz CT molecular complexity index is 323. The number of aromatic amines is 1. The van der Waals surface area contributed by atoms with Crippen LogP contribution in [0.3, 0.4) is 0 Å². The van der Waals surface area contributed by atoms with Gasteiger partial charge in [0.05, 0.1) is 0 Å². The monoisotopic (exact) mass is 136 g/mol. The van der Waals surface area contributed by atoms with Crippen molar-refractivity contribution in [1.82, 2.24) is 4.98 Å². The molecule has 0 radical (unpaired) electrons. The van der Waals surface area contributed by atoms with Gasteiger partial charge in [0.2, 0.25) is 11.6 Å². The van der Waals surface area contributed by atoms with Gasteiger partial charge >= 0.3 is 0 Å². The Morgan fingerprint density at radius 1 is 1.50 bits per heavy atom. The summed E-state index contributed by atoms with van der Waals surface area (Å²) < 4.78 is 0. The van der Waals surface area contributed by atoms with E-state index >= 15 is 0 Å². The zero-order chi connectivity index (χ0) is 7.40. The molecule has 0 aliphatic rings. The van der Waals surface area contributed by atoms with E-state index in [2.05, 4.69) is 9.98 Å². The summed E-state index contributed by atoms with van der Waals surface area (Å²) in [6, 6.07) is 4.35. The fourth-order valence-electron chi connectivity index (χ4n) is 0.551. The highest BCUT2D eigenvalue weighted by Gasteiger charge is 1.85. The standard InChI is InChI=1S/C6H4N2O2/c9-4-7-5-2-1-3-6(10)8-5/h1-3H,(H,8,10). The van der Waals surface area contributed by atoms with Gasteiger partial charge in [-0.2, -0.15) is 0 Å². The second kappa shape index (κ2) is 2.75. The van der Waals surface area contributed by atoms with E-state index in [4.69, 9.17) is 0 Å². The van der Waals surface area contributed by atoms with Crippen LogP contribution in [-0.4, -0.2) is 11.1 Å². The average Bonchev–Trinajstić information content (AvgIpc) is 1.88. The molecule has 0 aliphatic heterocycles. The quantitative estimate of drug-likeness (QED) is 0.447. The van der Waals surface area contributed by atoms with E-state index < -0.39 is 0 Å². The van der Waals surface area contributed by atoms with Crippen molar-refractivity contribution in [2.75, 3.05) is 0 Å². The first kappa shape index (κ1) is 6.45. The van der Waals surface area contributed by atoms with Crippen LogP contribution in [-0.2, 0) is 4.79 Å². The van der Waals surface area contributed by atoms with Gasteiger partial charge in [0, 0.05) is 6.07 Å². The van der Waals surface area contributed by atoms with Gasteiger partial charge in [-0.15, -0.1) is 4.99 Å². The lowest BCUT2D eigenvalue weighted by molar-refractivity contribution is 0.565. The maximum absolute atomic E-state index is 10.5. The van der Waals surface area contributed by atoms with Crippen LogP contribution < -0.4 is 5.56 Å². The fraction of sp³-hybridized carbons (Fsp3) is 0. The zero-order valence-electron chi connectivity index (χ0n) is 5.00. The van der Waals surface area contributed by atoms with E-state index in [-0.39, 0.29) is 11.4 Å². The molecule has 1 aromatic heterocycles. The molecule has 0 unspecified atom stereocenters. The van der Waals surface area contributed by atoms with Crippen LogP contribution in [0.4, 0.5) is 5.82 Å². The molecule has 4 nitrogen and oxygen atoms in total. The van der Waals surface area contributed by atoms with Crippen molar-refractivity contribution in [2.24, 2.45) is 4.99 Å². The molecule has 10 heavy (non-hydrogen) atoms. The topological polar surface area (TPSA) is 62.3 Å². The normalized spacial score (nSPS) is 8.40. The summed E-state index contributed by atoms with van der Waals surface area (Å²) in [6.07, 6.45) is 1.32. The summed E-state index contributed by atoms with van der Waals surface area (Å²) >= 11 is 0. The Balaban J connectivity index is 3.19. The highest BCUT2D eigenvalue weighted by molar-refractivity contribution is 5.43. The minimum Gasteiger partial charge on any atom is -0.306 e. The molecule has 0 amide bonds. The van der Waals surface area contributed by atoms with Crippen LogP contribution >= 0.6 is 0 Å². The van der Waals surface area contributed by atoms with Crippen LogP contribution in [0.15, 0.2) is 28.0 Å². The number of carbonyl (C=O) groups excluding carboxylic acids is 1. The number of isocyanates is 1. The number of pyridine rings is 1. The summed E-state index contributed by atoms with van der Waals surface area (Å²) in [5.41, 5.74) is -0.281. The summed E-state index contributed by atoms with van der Waals surface area (Å²) in [6.45, 7) is 0. The average molecular weight is 136 g/mol. The zero-order valence-corrected chi connectivity index (χ0v) is 5.00. The van der Waals surface area contributed by atoms with E-state index in [0.29, 0.717) is 0 Å². The molecule has 1 rings (SSSR count). The van der Waals surface area contributed by atoms with E-state index in [1.54, 1.807) is 0 Å². The molecule has 0 fully saturated rings. The van der Waals surface area contributed by atoms with Crippen molar-refractivity contribution in [1.29, 1.82) is 0 Å². The third kappa shape index (κ3) is 1.40. The van der Waals surface area contributed by atoms with E-state index in [9.17, 15) is 9.59 Å². The second-order valence-electron chi connectivity index (χ2n) is 1.60. The van der Waals surface area contributed by atoms with Gasteiger partial charge in [-0.05, 0) is 6.07 Å². The Morgan fingerprint density at radius 3 is 2.90 bits per heavy atom. The van der Waals surface area contributed by atoms with Gasteiger partial charge in [0.15, 0.2) is 0 Å². The number of rotatable bonds is 1. The second-order valence-corrected chi connectivity index (χ2v) is 1.60. The lowest BCUT2D eigenvalue weighted by atomic mass is 10.5. The number of nitrogens with zero attached hydrogens (tertiary/aromatic N) is 1. The molecule has 1 N–H and O–H groups in total. The van der Waals surface area contributed by atoms with E-state index in [1.165, 1.54) is 24.3 Å². The first-order valence-corrected chi connectivity index (χ1v) is 2.60. The number of aromatic nitrogens is 1. The van der Waals surface area contributed by atoms with Crippen LogP contribution in [0.2, 0.25) is 0 Å². The Kier molecular flexibility index (Phi) is 1.78. The first-order chi connectivity index (χ1) is 4.83. The molecule has 0 bridgehead atoms. The summed E-state index contributed by atoms with van der Waals surface area (Å²) in [5, 5.41) is 0. The molecular formula is C6H4N2O2. The maximum atomic E-state index is 10.5. The summed E-state index contributed by atoms with van der Waals surface area (Å²) in [4.78, 5) is 25.7. The lowest BCUT2D eigenvalue weighted by Gasteiger charge is -1.84.